The Hall–Kier alpha value is -2.12. The largest absolute Gasteiger partial charge is 0.481 e. The molecule has 1 unspecified atom stereocenters. The highest BCUT2D eigenvalue weighted by Crippen LogP contribution is 2.20. The summed E-state index contributed by atoms with van der Waals surface area (Å²) in [6.45, 7) is 1.47. The molecule has 0 bridgehead atoms. The summed E-state index contributed by atoms with van der Waals surface area (Å²) in [5, 5.41) is 15.2. The molecule has 0 aliphatic carbocycles. The smallest absolute Gasteiger partial charge is 0.320 e. The Kier molecular flexibility index (Phi) is 3.98. The molecule has 8 nitrogen and oxygen atoms in total. The summed E-state index contributed by atoms with van der Waals surface area (Å²) in [7, 11) is 1.69. The van der Waals surface area contributed by atoms with E-state index < -0.39 is 5.97 Å². The van der Waals surface area contributed by atoms with Gasteiger partial charge in [-0.1, -0.05) is 0 Å². The molecular formula is C11H17N5O3. The van der Waals surface area contributed by atoms with Crippen molar-refractivity contribution in [3.8, 4) is 0 Å². The summed E-state index contributed by atoms with van der Waals surface area (Å²) in [4.78, 5) is 30.0. The Morgan fingerprint density at radius 2 is 2.42 bits per heavy atom. The number of urea groups is 1. The van der Waals surface area contributed by atoms with Crippen molar-refractivity contribution in [3.05, 3.63) is 12.2 Å². The molecule has 2 heterocycles. The van der Waals surface area contributed by atoms with Crippen LogP contribution in [0.25, 0.3) is 0 Å². The zero-order valence-electron chi connectivity index (χ0n) is 10.7. The molecule has 19 heavy (non-hydrogen) atoms. The second kappa shape index (κ2) is 5.68. The third-order valence-corrected chi connectivity index (χ3v) is 3.20. The van der Waals surface area contributed by atoms with E-state index in [-0.39, 0.29) is 18.4 Å². The minimum Gasteiger partial charge on any atom is -0.481 e. The van der Waals surface area contributed by atoms with Crippen LogP contribution < -0.4 is 0 Å². The minimum absolute atomic E-state index is 0.0557. The number of carbonyl (C=O) groups excluding carboxylic acids is 1. The van der Waals surface area contributed by atoms with E-state index in [1.54, 1.807) is 16.8 Å². The fourth-order valence-electron chi connectivity index (χ4n) is 2.26. The first-order valence-electron chi connectivity index (χ1n) is 6.12. The zero-order valence-corrected chi connectivity index (χ0v) is 10.7. The number of carbonyl (C=O) groups is 2. The number of H-pyrrole nitrogens is 1. The maximum absolute atomic E-state index is 12.1. The van der Waals surface area contributed by atoms with E-state index in [2.05, 4.69) is 15.2 Å². The van der Waals surface area contributed by atoms with Crippen LogP contribution in [-0.2, 0) is 11.3 Å². The maximum atomic E-state index is 12.1. The Bertz CT molecular complexity index is 447. The van der Waals surface area contributed by atoms with Gasteiger partial charge in [0.05, 0.1) is 6.54 Å². The summed E-state index contributed by atoms with van der Waals surface area (Å²) in [5.74, 6) is -0.133. The average Bonchev–Trinajstić information content (AvgIpc) is 2.98. The van der Waals surface area contributed by atoms with Crippen LogP contribution in [0.15, 0.2) is 6.33 Å². The number of aromatic nitrogens is 3. The molecule has 1 saturated heterocycles. The number of hydrogen-bond acceptors (Lipinski definition) is 4. The van der Waals surface area contributed by atoms with Gasteiger partial charge in [-0.2, -0.15) is 5.10 Å². The molecule has 0 aromatic carbocycles. The first kappa shape index (κ1) is 13.3. The first-order chi connectivity index (χ1) is 9.06. The molecule has 2 rings (SSSR count). The molecule has 1 aliphatic rings. The monoisotopic (exact) mass is 267 g/mol. The van der Waals surface area contributed by atoms with Crippen molar-refractivity contribution < 1.29 is 14.7 Å². The molecule has 0 saturated carbocycles. The van der Waals surface area contributed by atoms with Gasteiger partial charge >= 0.3 is 12.0 Å². The third-order valence-electron chi connectivity index (χ3n) is 3.20. The third kappa shape index (κ3) is 3.43. The van der Waals surface area contributed by atoms with E-state index >= 15 is 0 Å². The molecule has 0 radical (unpaired) electrons. The zero-order chi connectivity index (χ0) is 13.8. The minimum atomic E-state index is -0.811. The molecular weight excluding hydrogens is 250 g/mol. The molecule has 2 N–H and O–H groups in total. The van der Waals surface area contributed by atoms with E-state index in [0.29, 0.717) is 25.5 Å². The highest BCUT2D eigenvalue weighted by atomic mass is 16.4. The second-order valence-electron chi connectivity index (χ2n) is 4.77. The number of nitrogens with one attached hydrogen (secondary N) is 1. The van der Waals surface area contributed by atoms with Crippen molar-refractivity contribution in [1.82, 2.24) is 25.0 Å². The van der Waals surface area contributed by atoms with Crippen LogP contribution in [0.2, 0.25) is 0 Å². The summed E-state index contributed by atoms with van der Waals surface area (Å²) < 4.78 is 0. The topological polar surface area (TPSA) is 102 Å². The number of likely N-dealkylation sites (tertiary alicyclic amines) is 1. The Labute approximate surface area is 110 Å². The van der Waals surface area contributed by atoms with Gasteiger partial charge in [0, 0.05) is 26.6 Å². The van der Waals surface area contributed by atoms with Crippen molar-refractivity contribution in [3.63, 3.8) is 0 Å². The van der Waals surface area contributed by atoms with Crippen molar-refractivity contribution in [1.29, 1.82) is 0 Å². The van der Waals surface area contributed by atoms with Crippen LogP contribution in [0.1, 0.15) is 18.7 Å². The number of nitrogens with zero attached hydrogens (tertiary/aromatic N) is 4. The van der Waals surface area contributed by atoms with E-state index in [1.807, 2.05) is 0 Å². The van der Waals surface area contributed by atoms with E-state index in [0.717, 1.165) is 6.42 Å². The fourth-order valence-corrected chi connectivity index (χ4v) is 2.26. The predicted molar refractivity (Wildman–Crippen MR) is 65.2 cm³/mol. The highest BCUT2D eigenvalue weighted by Gasteiger charge is 2.29. The first-order valence-corrected chi connectivity index (χ1v) is 6.12. The molecule has 1 aliphatic heterocycles. The van der Waals surface area contributed by atoms with Crippen LogP contribution in [0.5, 0.6) is 0 Å². The quantitative estimate of drug-likeness (QED) is 0.808. The van der Waals surface area contributed by atoms with Gasteiger partial charge in [-0.15, -0.1) is 0 Å². The maximum Gasteiger partial charge on any atom is 0.320 e. The summed E-state index contributed by atoms with van der Waals surface area (Å²) >= 11 is 0. The summed E-state index contributed by atoms with van der Waals surface area (Å²) in [6, 6.07) is -0.107. The Balaban J connectivity index is 1.85. The lowest BCUT2D eigenvalue weighted by atomic mass is 10.1. The molecule has 0 spiro atoms. The van der Waals surface area contributed by atoms with Gasteiger partial charge in [0.2, 0.25) is 0 Å². The van der Waals surface area contributed by atoms with Gasteiger partial charge < -0.3 is 14.9 Å². The van der Waals surface area contributed by atoms with E-state index in [1.165, 1.54) is 6.33 Å². The molecule has 2 amide bonds. The SMILES string of the molecule is CN(Cc1ncn[nH]1)C(=O)N1CCC(CC(=O)O)C1. The molecule has 1 aromatic heterocycles. The predicted octanol–water partition coefficient (Wildman–Crippen LogP) is 0.153. The van der Waals surface area contributed by atoms with Crippen LogP contribution in [-0.4, -0.2) is 62.2 Å². The van der Waals surface area contributed by atoms with Crippen molar-refractivity contribution in [2.24, 2.45) is 5.92 Å². The van der Waals surface area contributed by atoms with Crippen LogP contribution in [0, 0.1) is 5.92 Å². The summed E-state index contributed by atoms with van der Waals surface area (Å²) in [6.07, 6.45) is 2.26. The standard InChI is InChI=1S/C11H17N5O3/c1-15(6-9-12-7-13-14-9)11(19)16-3-2-8(5-16)4-10(17)18/h7-8H,2-6H2,1H3,(H,17,18)(H,12,13,14). The van der Waals surface area contributed by atoms with Gasteiger partial charge in [0.15, 0.2) is 0 Å². The molecule has 1 fully saturated rings. The van der Waals surface area contributed by atoms with Crippen LogP contribution in [0.3, 0.4) is 0 Å². The Morgan fingerprint density at radius 3 is 3.05 bits per heavy atom. The van der Waals surface area contributed by atoms with Gasteiger partial charge in [-0.25, -0.2) is 9.78 Å². The number of aromatic amines is 1. The van der Waals surface area contributed by atoms with Crippen molar-refractivity contribution >= 4 is 12.0 Å². The van der Waals surface area contributed by atoms with Gasteiger partial charge in [-0.3, -0.25) is 9.89 Å². The van der Waals surface area contributed by atoms with Crippen LogP contribution in [0.4, 0.5) is 4.79 Å². The van der Waals surface area contributed by atoms with Crippen molar-refractivity contribution in [2.75, 3.05) is 20.1 Å². The normalized spacial score (nSPS) is 18.6. The lowest BCUT2D eigenvalue weighted by Gasteiger charge is -2.23. The Morgan fingerprint density at radius 1 is 1.63 bits per heavy atom. The number of amides is 2. The number of carboxylic acids is 1. The second-order valence-corrected chi connectivity index (χ2v) is 4.77. The number of rotatable bonds is 4. The number of hydrogen-bond donors (Lipinski definition) is 2. The highest BCUT2D eigenvalue weighted by molar-refractivity contribution is 5.74. The molecule has 8 heteroatoms. The van der Waals surface area contributed by atoms with Gasteiger partial charge in [-0.05, 0) is 12.3 Å². The van der Waals surface area contributed by atoms with Gasteiger partial charge in [0.25, 0.3) is 0 Å². The number of carboxylic acid groups (broad SMARTS) is 1. The lowest BCUT2D eigenvalue weighted by molar-refractivity contribution is -0.138. The van der Waals surface area contributed by atoms with Crippen molar-refractivity contribution in [2.45, 2.75) is 19.4 Å². The van der Waals surface area contributed by atoms with E-state index in [4.69, 9.17) is 5.11 Å². The lowest BCUT2D eigenvalue weighted by Crippen LogP contribution is -2.39. The molecule has 104 valence electrons. The van der Waals surface area contributed by atoms with Crippen LogP contribution >= 0.6 is 0 Å². The summed E-state index contributed by atoms with van der Waals surface area (Å²) in [5.41, 5.74) is 0. The fraction of sp³-hybridized carbons (Fsp3) is 0.636. The van der Waals surface area contributed by atoms with E-state index in [9.17, 15) is 9.59 Å². The molecule has 1 aromatic rings. The average molecular weight is 267 g/mol. The van der Waals surface area contributed by atoms with Gasteiger partial charge in [0.1, 0.15) is 12.2 Å². The number of aliphatic carboxylic acids is 1. The molecule has 1 atom stereocenters.